The highest BCUT2D eigenvalue weighted by Crippen LogP contribution is 2.30. The summed E-state index contributed by atoms with van der Waals surface area (Å²) >= 11 is 0. The molecule has 1 heterocycles. The van der Waals surface area contributed by atoms with Gasteiger partial charge in [0.15, 0.2) is 0 Å². The predicted octanol–water partition coefficient (Wildman–Crippen LogP) is 4.66. The summed E-state index contributed by atoms with van der Waals surface area (Å²) in [6.07, 6.45) is 1.02. The molecule has 0 spiro atoms. The average molecular weight is 222 g/mol. The SMILES string of the molecule is CCc1ccccc1-c1cc2ccccc2o1. The summed E-state index contributed by atoms with van der Waals surface area (Å²) in [5, 5.41) is 1.16. The first-order valence-corrected chi connectivity index (χ1v) is 5.95. The smallest absolute Gasteiger partial charge is 0.135 e. The van der Waals surface area contributed by atoms with Crippen LogP contribution in [0.2, 0.25) is 0 Å². The predicted molar refractivity (Wildman–Crippen MR) is 71.0 cm³/mol. The number of aryl methyl sites for hydroxylation is 1. The van der Waals surface area contributed by atoms with E-state index in [9.17, 15) is 0 Å². The second-order valence-electron chi connectivity index (χ2n) is 4.16. The Morgan fingerprint density at radius 3 is 2.53 bits per heavy atom. The molecule has 0 atom stereocenters. The molecular formula is C16H14O. The van der Waals surface area contributed by atoms with Crippen LogP contribution in [0.1, 0.15) is 12.5 Å². The van der Waals surface area contributed by atoms with E-state index < -0.39 is 0 Å². The molecule has 0 amide bonds. The standard InChI is InChI=1S/C16H14O/c1-2-12-7-3-5-9-14(12)16-11-13-8-4-6-10-15(13)17-16/h3-11H,2H2,1H3. The Labute approximate surface area is 101 Å². The van der Waals surface area contributed by atoms with E-state index in [1.54, 1.807) is 0 Å². The van der Waals surface area contributed by atoms with Gasteiger partial charge in [-0.25, -0.2) is 0 Å². The number of para-hydroxylation sites is 1. The molecule has 0 N–H and O–H groups in total. The van der Waals surface area contributed by atoms with Gasteiger partial charge in [-0.1, -0.05) is 49.4 Å². The Balaban J connectivity index is 2.20. The van der Waals surface area contributed by atoms with E-state index in [-0.39, 0.29) is 0 Å². The van der Waals surface area contributed by atoms with Crippen molar-refractivity contribution in [1.82, 2.24) is 0 Å². The van der Waals surface area contributed by atoms with Crippen LogP contribution in [0.25, 0.3) is 22.3 Å². The summed E-state index contributed by atoms with van der Waals surface area (Å²) in [6.45, 7) is 2.17. The Bertz CT molecular complexity index is 616. The molecule has 17 heavy (non-hydrogen) atoms. The first-order valence-electron chi connectivity index (χ1n) is 5.95. The number of furan rings is 1. The highest BCUT2D eigenvalue weighted by molar-refractivity contribution is 5.83. The first kappa shape index (κ1) is 10.2. The lowest BCUT2D eigenvalue weighted by Crippen LogP contribution is -1.84. The number of rotatable bonds is 2. The van der Waals surface area contributed by atoms with Gasteiger partial charge in [0, 0.05) is 10.9 Å². The Morgan fingerprint density at radius 1 is 0.941 bits per heavy atom. The van der Waals surface area contributed by atoms with Gasteiger partial charge in [0.1, 0.15) is 11.3 Å². The maximum absolute atomic E-state index is 5.90. The van der Waals surface area contributed by atoms with E-state index in [2.05, 4.69) is 43.3 Å². The van der Waals surface area contributed by atoms with Crippen LogP contribution in [0.4, 0.5) is 0 Å². The topological polar surface area (TPSA) is 13.1 Å². The largest absolute Gasteiger partial charge is 0.456 e. The third-order valence-corrected chi connectivity index (χ3v) is 3.09. The van der Waals surface area contributed by atoms with E-state index in [0.29, 0.717) is 0 Å². The van der Waals surface area contributed by atoms with Crippen LogP contribution < -0.4 is 0 Å². The van der Waals surface area contributed by atoms with Crippen molar-refractivity contribution in [3.63, 3.8) is 0 Å². The molecule has 1 aromatic heterocycles. The minimum Gasteiger partial charge on any atom is -0.456 e. The summed E-state index contributed by atoms with van der Waals surface area (Å²) in [5.74, 6) is 0.962. The van der Waals surface area contributed by atoms with Gasteiger partial charge in [0.2, 0.25) is 0 Å². The van der Waals surface area contributed by atoms with Crippen LogP contribution in [-0.4, -0.2) is 0 Å². The zero-order chi connectivity index (χ0) is 11.7. The molecule has 1 heteroatoms. The fourth-order valence-corrected chi connectivity index (χ4v) is 2.18. The lowest BCUT2D eigenvalue weighted by Gasteiger charge is -2.03. The van der Waals surface area contributed by atoms with Crippen molar-refractivity contribution in [3.05, 3.63) is 60.2 Å². The van der Waals surface area contributed by atoms with Crippen LogP contribution in [0.3, 0.4) is 0 Å². The van der Waals surface area contributed by atoms with Crippen LogP contribution >= 0.6 is 0 Å². The summed E-state index contributed by atoms with van der Waals surface area (Å²) < 4.78 is 5.90. The lowest BCUT2D eigenvalue weighted by molar-refractivity contribution is 0.630. The van der Waals surface area contributed by atoms with Gasteiger partial charge in [-0.05, 0) is 24.1 Å². The summed E-state index contributed by atoms with van der Waals surface area (Å²) in [6, 6.07) is 18.6. The minimum atomic E-state index is 0.952. The van der Waals surface area contributed by atoms with Crippen LogP contribution in [0, 0.1) is 0 Å². The first-order chi connectivity index (χ1) is 8.38. The Morgan fingerprint density at radius 2 is 1.71 bits per heavy atom. The number of hydrogen-bond donors (Lipinski definition) is 0. The molecule has 0 saturated heterocycles. The second-order valence-corrected chi connectivity index (χ2v) is 4.16. The number of hydrogen-bond acceptors (Lipinski definition) is 1. The van der Waals surface area contributed by atoms with Gasteiger partial charge >= 0.3 is 0 Å². The highest BCUT2D eigenvalue weighted by Gasteiger charge is 2.08. The Hall–Kier alpha value is -2.02. The molecule has 2 aromatic carbocycles. The van der Waals surface area contributed by atoms with E-state index in [4.69, 9.17) is 4.42 Å². The summed E-state index contributed by atoms with van der Waals surface area (Å²) in [5.41, 5.74) is 3.48. The average Bonchev–Trinajstić information content (AvgIpc) is 2.82. The normalized spacial score (nSPS) is 10.9. The second kappa shape index (κ2) is 4.10. The van der Waals surface area contributed by atoms with Crippen molar-refractivity contribution >= 4 is 11.0 Å². The molecule has 0 saturated carbocycles. The highest BCUT2D eigenvalue weighted by atomic mass is 16.3. The number of fused-ring (bicyclic) bond motifs is 1. The molecule has 0 bridgehead atoms. The molecule has 0 radical (unpaired) electrons. The van der Waals surface area contributed by atoms with Gasteiger partial charge in [-0.2, -0.15) is 0 Å². The van der Waals surface area contributed by atoms with E-state index in [1.807, 2.05) is 18.2 Å². The fraction of sp³-hybridized carbons (Fsp3) is 0.125. The third-order valence-electron chi connectivity index (χ3n) is 3.09. The molecule has 0 fully saturated rings. The summed E-state index contributed by atoms with van der Waals surface area (Å²) in [7, 11) is 0. The molecule has 0 aliphatic carbocycles. The molecular weight excluding hydrogens is 208 g/mol. The van der Waals surface area contributed by atoms with E-state index in [0.717, 1.165) is 23.2 Å². The van der Waals surface area contributed by atoms with Crippen molar-refractivity contribution < 1.29 is 4.42 Å². The molecule has 0 aliphatic heterocycles. The lowest BCUT2D eigenvalue weighted by atomic mass is 10.0. The molecule has 0 unspecified atom stereocenters. The molecule has 1 nitrogen and oxygen atoms in total. The zero-order valence-electron chi connectivity index (χ0n) is 9.81. The quantitative estimate of drug-likeness (QED) is 0.614. The van der Waals surface area contributed by atoms with Crippen LogP contribution in [0.5, 0.6) is 0 Å². The van der Waals surface area contributed by atoms with Crippen molar-refractivity contribution in [3.8, 4) is 11.3 Å². The monoisotopic (exact) mass is 222 g/mol. The van der Waals surface area contributed by atoms with Crippen LogP contribution in [-0.2, 0) is 6.42 Å². The molecule has 84 valence electrons. The van der Waals surface area contributed by atoms with Gasteiger partial charge < -0.3 is 4.42 Å². The summed E-state index contributed by atoms with van der Waals surface area (Å²) in [4.78, 5) is 0. The zero-order valence-corrected chi connectivity index (χ0v) is 9.81. The van der Waals surface area contributed by atoms with Crippen molar-refractivity contribution in [2.75, 3.05) is 0 Å². The van der Waals surface area contributed by atoms with Crippen molar-refractivity contribution in [1.29, 1.82) is 0 Å². The minimum absolute atomic E-state index is 0.952. The van der Waals surface area contributed by atoms with Gasteiger partial charge in [-0.15, -0.1) is 0 Å². The van der Waals surface area contributed by atoms with Gasteiger partial charge in [0.05, 0.1) is 0 Å². The molecule has 3 aromatic rings. The molecule has 3 rings (SSSR count). The third kappa shape index (κ3) is 1.74. The van der Waals surface area contributed by atoms with E-state index in [1.165, 1.54) is 11.1 Å². The maximum atomic E-state index is 5.90. The van der Waals surface area contributed by atoms with Crippen molar-refractivity contribution in [2.24, 2.45) is 0 Å². The maximum Gasteiger partial charge on any atom is 0.135 e. The van der Waals surface area contributed by atoms with Gasteiger partial charge in [-0.3, -0.25) is 0 Å². The van der Waals surface area contributed by atoms with Crippen LogP contribution in [0.15, 0.2) is 59.0 Å². The van der Waals surface area contributed by atoms with E-state index >= 15 is 0 Å². The van der Waals surface area contributed by atoms with Gasteiger partial charge in [0.25, 0.3) is 0 Å². The number of benzene rings is 2. The molecule has 0 aliphatic rings. The fourth-order valence-electron chi connectivity index (χ4n) is 2.18. The van der Waals surface area contributed by atoms with Crippen molar-refractivity contribution in [2.45, 2.75) is 13.3 Å². The Kier molecular flexibility index (Phi) is 2.45.